The molecule has 2 amide bonds. The van der Waals surface area contributed by atoms with Gasteiger partial charge in [-0.2, -0.15) is 0 Å². The molecule has 0 saturated carbocycles. The van der Waals surface area contributed by atoms with Crippen LogP contribution in [-0.4, -0.2) is 47.8 Å². The summed E-state index contributed by atoms with van der Waals surface area (Å²) in [4.78, 5) is 33.3. The molecule has 1 saturated heterocycles. The molecule has 0 aromatic heterocycles. The van der Waals surface area contributed by atoms with Crippen molar-refractivity contribution in [2.75, 3.05) is 19.6 Å². The zero-order valence-electron chi connectivity index (χ0n) is 11.1. The molecular formula is C14H17N3O3. The second kappa shape index (κ2) is 6.29. The van der Waals surface area contributed by atoms with Crippen LogP contribution in [0, 0.1) is 0 Å². The van der Waals surface area contributed by atoms with E-state index >= 15 is 0 Å². The molecule has 1 aliphatic heterocycles. The first kappa shape index (κ1) is 14.2. The average molecular weight is 275 g/mol. The first-order valence-corrected chi connectivity index (χ1v) is 6.46. The van der Waals surface area contributed by atoms with E-state index in [-0.39, 0.29) is 18.7 Å². The van der Waals surface area contributed by atoms with E-state index in [1.807, 2.05) is 30.3 Å². The van der Waals surface area contributed by atoms with Crippen molar-refractivity contribution >= 4 is 18.1 Å². The summed E-state index contributed by atoms with van der Waals surface area (Å²) < 4.78 is 0. The van der Waals surface area contributed by atoms with Crippen molar-refractivity contribution in [1.82, 2.24) is 10.0 Å². The van der Waals surface area contributed by atoms with Gasteiger partial charge in [-0.05, 0) is 17.9 Å². The van der Waals surface area contributed by atoms with Gasteiger partial charge in [-0.1, -0.05) is 30.3 Å². The molecule has 1 aliphatic rings. The SMILES string of the molecule is NC(=O)CN(C(=O)C=O)N1CCC(c2ccccc2)C1. The number of rotatable bonds is 5. The Morgan fingerprint density at radius 2 is 2.05 bits per heavy atom. The van der Waals surface area contributed by atoms with E-state index in [0.29, 0.717) is 13.1 Å². The maximum absolute atomic E-state index is 11.6. The van der Waals surface area contributed by atoms with Gasteiger partial charge in [0.05, 0.1) is 0 Å². The van der Waals surface area contributed by atoms with Gasteiger partial charge >= 0.3 is 5.91 Å². The molecule has 1 aromatic rings. The summed E-state index contributed by atoms with van der Waals surface area (Å²) in [6, 6.07) is 9.96. The second-order valence-corrected chi connectivity index (χ2v) is 4.79. The predicted octanol–water partition coefficient (Wildman–Crippen LogP) is -0.0963. The molecule has 2 N–H and O–H groups in total. The maximum Gasteiger partial charge on any atom is 0.301 e. The highest BCUT2D eigenvalue weighted by molar-refractivity contribution is 6.23. The van der Waals surface area contributed by atoms with Crippen LogP contribution in [0.25, 0.3) is 0 Å². The number of carbonyl (C=O) groups excluding carboxylic acids is 3. The normalized spacial score (nSPS) is 18.7. The highest BCUT2D eigenvalue weighted by Crippen LogP contribution is 2.27. The van der Waals surface area contributed by atoms with E-state index in [4.69, 9.17) is 5.73 Å². The molecular weight excluding hydrogens is 258 g/mol. The van der Waals surface area contributed by atoms with E-state index in [1.54, 1.807) is 5.01 Å². The van der Waals surface area contributed by atoms with Gasteiger partial charge in [0, 0.05) is 13.1 Å². The number of benzene rings is 1. The van der Waals surface area contributed by atoms with Gasteiger partial charge in [-0.25, -0.2) is 5.01 Å². The van der Waals surface area contributed by atoms with Crippen LogP contribution < -0.4 is 5.73 Å². The summed E-state index contributed by atoms with van der Waals surface area (Å²) >= 11 is 0. The van der Waals surface area contributed by atoms with E-state index < -0.39 is 11.8 Å². The summed E-state index contributed by atoms with van der Waals surface area (Å²) in [6.07, 6.45) is 1.07. The van der Waals surface area contributed by atoms with E-state index in [1.165, 1.54) is 5.56 Å². The van der Waals surface area contributed by atoms with Crippen LogP contribution in [0.15, 0.2) is 30.3 Å². The lowest BCUT2D eigenvalue weighted by Gasteiger charge is -2.29. The topological polar surface area (TPSA) is 83.7 Å². The molecule has 1 unspecified atom stereocenters. The lowest BCUT2D eigenvalue weighted by Crippen LogP contribution is -2.49. The number of aldehydes is 1. The van der Waals surface area contributed by atoms with Crippen molar-refractivity contribution in [3.8, 4) is 0 Å². The molecule has 6 nitrogen and oxygen atoms in total. The third kappa shape index (κ3) is 3.21. The fraction of sp³-hybridized carbons (Fsp3) is 0.357. The Morgan fingerprint density at radius 3 is 2.65 bits per heavy atom. The monoisotopic (exact) mass is 275 g/mol. The van der Waals surface area contributed by atoms with Crippen LogP contribution in [0.3, 0.4) is 0 Å². The molecule has 1 aromatic carbocycles. The summed E-state index contributed by atoms with van der Waals surface area (Å²) in [5.74, 6) is -1.09. The number of hydrogen-bond acceptors (Lipinski definition) is 4. The molecule has 0 radical (unpaired) electrons. The molecule has 1 heterocycles. The number of nitrogens with zero attached hydrogens (tertiary/aromatic N) is 2. The standard InChI is InChI=1S/C14H17N3O3/c15-13(19)9-17(14(20)10-18)16-7-6-12(8-16)11-4-2-1-3-5-11/h1-5,10,12H,6-9H2,(H2,15,19). The van der Waals surface area contributed by atoms with Crippen LogP contribution in [0.2, 0.25) is 0 Å². The van der Waals surface area contributed by atoms with Crippen LogP contribution in [0.1, 0.15) is 17.9 Å². The van der Waals surface area contributed by atoms with Crippen molar-refractivity contribution in [2.24, 2.45) is 5.73 Å². The summed E-state index contributed by atoms with van der Waals surface area (Å²) in [5.41, 5.74) is 6.31. The van der Waals surface area contributed by atoms with Gasteiger partial charge in [0.25, 0.3) is 0 Å². The smallest absolute Gasteiger partial charge is 0.301 e. The Labute approximate surface area is 117 Å². The molecule has 6 heteroatoms. The molecule has 0 spiro atoms. The molecule has 0 aliphatic carbocycles. The minimum absolute atomic E-state index is 0.207. The zero-order valence-corrected chi connectivity index (χ0v) is 11.1. The highest BCUT2D eigenvalue weighted by Gasteiger charge is 2.31. The number of primary amides is 1. The first-order valence-electron chi connectivity index (χ1n) is 6.46. The Hall–Kier alpha value is -2.21. The first-order chi connectivity index (χ1) is 9.61. The molecule has 106 valence electrons. The molecule has 1 atom stereocenters. The molecule has 20 heavy (non-hydrogen) atoms. The van der Waals surface area contributed by atoms with E-state index in [2.05, 4.69) is 0 Å². The van der Waals surface area contributed by atoms with Gasteiger partial charge in [-0.3, -0.25) is 19.4 Å². The van der Waals surface area contributed by atoms with E-state index in [0.717, 1.165) is 11.4 Å². The van der Waals surface area contributed by atoms with Crippen molar-refractivity contribution in [1.29, 1.82) is 0 Å². The lowest BCUT2D eigenvalue weighted by molar-refractivity contribution is -0.153. The fourth-order valence-electron chi connectivity index (χ4n) is 2.48. The third-order valence-corrected chi connectivity index (χ3v) is 3.44. The molecule has 0 bridgehead atoms. The van der Waals surface area contributed by atoms with Crippen molar-refractivity contribution in [3.05, 3.63) is 35.9 Å². The third-order valence-electron chi connectivity index (χ3n) is 3.44. The minimum Gasteiger partial charge on any atom is -0.368 e. The van der Waals surface area contributed by atoms with Gasteiger partial charge in [-0.15, -0.1) is 0 Å². The number of carbonyl (C=O) groups is 3. The van der Waals surface area contributed by atoms with Crippen LogP contribution in [0.5, 0.6) is 0 Å². The van der Waals surface area contributed by atoms with Crippen LogP contribution >= 0.6 is 0 Å². The maximum atomic E-state index is 11.6. The Kier molecular flexibility index (Phi) is 4.47. The number of hydrogen-bond donors (Lipinski definition) is 1. The summed E-state index contributed by atoms with van der Waals surface area (Å²) in [6.45, 7) is 0.947. The largest absolute Gasteiger partial charge is 0.368 e. The van der Waals surface area contributed by atoms with Gasteiger partial charge < -0.3 is 5.73 Å². The fourth-order valence-corrected chi connectivity index (χ4v) is 2.48. The van der Waals surface area contributed by atoms with Crippen molar-refractivity contribution in [3.63, 3.8) is 0 Å². The lowest BCUT2D eigenvalue weighted by atomic mass is 9.99. The Bertz CT molecular complexity index is 504. The molecule has 2 rings (SSSR count). The zero-order chi connectivity index (χ0) is 14.5. The highest BCUT2D eigenvalue weighted by atomic mass is 16.2. The van der Waals surface area contributed by atoms with Gasteiger partial charge in [0.15, 0.2) is 0 Å². The predicted molar refractivity (Wildman–Crippen MR) is 72.3 cm³/mol. The summed E-state index contributed by atoms with van der Waals surface area (Å²) in [7, 11) is 0. The Morgan fingerprint density at radius 1 is 1.35 bits per heavy atom. The second-order valence-electron chi connectivity index (χ2n) is 4.79. The van der Waals surface area contributed by atoms with Gasteiger partial charge in [0.1, 0.15) is 6.54 Å². The van der Waals surface area contributed by atoms with Crippen LogP contribution in [-0.2, 0) is 14.4 Å². The number of nitrogens with two attached hydrogens (primary N) is 1. The average Bonchev–Trinajstić information content (AvgIpc) is 2.94. The number of hydrazine groups is 1. The van der Waals surface area contributed by atoms with Crippen LogP contribution in [0.4, 0.5) is 0 Å². The van der Waals surface area contributed by atoms with Crippen molar-refractivity contribution < 1.29 is 14.4 Å². The molecule has 1 fully saturated rings. The van der Waals surface area contributed by atoms with Crippen molar-refractivity contribution in [2.45, 2.75) is 12.3 Å². The van der Waals surface area contributed by atoms with E-state index in [9.17, 15) is 14.4 Å². The Balaban J connectivity index is 2.07. The quantitative estimate of drug-likeness (QED) is 0.601. The number of amides is 2. The summed E-state index contributed by atoms with van der Waals surface area (Å²) in [5, 5.41) is 2.86. The minimum atomic E-state index is -0.738. The van der Waals surface area contributed by atoms with Gasteiger partial charge in [0.2, 0.25) is 12.2 Å².